The second kappa shape index (κ2) is 3.71. The number of hydrogen-bond donors (Lipinski definition) is 2. The van der Waals surface area contributed by atoms with E-state index in [1.165, 1.54) is 24.2 Å². The predicted octanol–water partition coefficient (Wildman–Crippen LogP) is 0.254. The number of aliphatic hydroxyl groups excluding tert-OH is 1. The van der Waals surface area contributed by atoms with Crippen LogP contribution in [0.3, 0.4) is 0 Å². The van der Waals surface area contributed by atoms with Crippen molar-refractivity contribution in [2.45, 2.75) is 6.10 Å². The number of carbonyl (C=O) groups excluding carboxylic acids is 1. The number of carbonyl (C=O) groups is 1. The number of aliphatic hydroxyl groups is 1. The molecule has 0 radical (unpaired) electrons. The van der Waals surface area contributed by atoms with Crippen LogP contribution in [0.25, 0.3) is 0 Å². The fourth-order valence-corrected chi connectivity index (χ4v) is 0.863. The van der Waals surface area contributed by atoms with E-state index in [0.29, 0.717) is 0 Å². The Morgan fingerprint density at radius 1 is 1.62 bits per heavy atom. The molecule has 0 aliphatic heterocycles. The summed E-state index contributed by atoms with van der Waals surface area (Å²) < 4.78 is 4.21. The van der Waals surface area contributed by atoms with Gasteiger partial charge in [-0.15, -0.1) is 0 Å². The quantitative estimate of drug-likeness (QED) is 0.448. The zero-order valence-electron chi connectivity index (χ0n) is 6.43. The molecule has 0 fully saturated rings. The molecule has 1 aliphatic rings. The van der Waals surface area contributed by atoms with Crippen molar-refractivity contribution < 1.29 is 24.5 Å². The van der Waals surface area contributed by atoms with E-state index in [4.69, 9.17) is 5.11 Å². The standard InChI is InChI=1S/C8H6O5/c9-4-5-2-1-3-6(7(5)10)13-8(11)12/h1-3,7,10H,(H,11,12). The third-order valence-corrected chi connectivity index (χ3v) is 1.42. The van der Waals surface area contributed by atoms with Crippen molar-refractivity contribution in [3.8, 4) is 0 Å². The smallest absolute Gasteiger partial charge is 0.449 e. The summed E-state index contributed by atoms with van der Waals surface area (Å²) in [5.74, 6) is 1.27. The lowest BCUT2D eigenvalue weighted by atomic mass is 10.1. The van der Waals surface area contributed by atoms with E-state index < -0.39 is 12.3 Å². The van der Waals surface area contributed by atoms with E-state index in [1.54, 1.807) is 0 Å². The molecule has 0 saturated heterocycles. The van der Waals surface area contributed by atoms with Crippen molar-refractivity contribution in [1.82, 2.24) is 0 Å². The highest BCUT2D eigenvalue weighted by Crippen LogP contribution is 2.17. The Morgan fingerprint density at radius 3 is 2.85 bits per heavy atom. The molecule has 2 N–H and O–H groups in total. The summed E-state index contributed by atoms with van der Waals surface area (Å²) in [4.78, 5) is 20.3. The molecule has 0 aromatic carbocycles. The zero-order chi connectivity index (χ0) is 9.84. The van der Waals surface area contributed by atoms with E-state index in [0.717, 1.165) is 0 Å². The van der Waals surface area contributed by atoms with Gasteiger partial charge in [0.2, 0.25) is 0 Å². The van der Waals surface area contributed by atoms with Crippen LogP contribution in [0.2, 0.25) is 0 Å². The number of carboxylic acid groups (broad SMARTS) is 1. The van der Waals surface area contributed by atoms with Crippen LogP contribution in [-0.2, 0) is 9.53 Å². The number of ether oxygens (including phenoxy) is 1. The molecule has 0 bridgehead atoms. The number of allylic oxidation sites excluding steroid dienone is 2. The third kappa shape index (κ3) is 2.05. The number of hydrogen-bond acceptors (Lipinski definition) is 4. The molecule has 13 heavy (non-hydrogen) atoms. The Labute approximate surface area is 73.2 Å². The Morgan fingerprint density at radius 2 is 2.31 bits per heavy atom. The number of rotatable bonds is 1. The molecule has 1 aliphatic carbocycles. The lowest BCUT2D eigenvalue weighted by molar-refractivity contribution is 0.0928. The molecule has 0 aromatic rings. The molecule has 0 heterocycles. The van der Waals surface area contributed by atoms with Gasteiger partial charge in [0.05, 0.1) is 5.57 Å². The monoisotopic (exact) mass is 182 g/mol. The van der Waals surface area contributed by atoms with Gasteiger partial charge in [-0.05, 0) is 12.2 Å². The molecule has 0 saturated carbocycles. The summed E-state index contributed by atoms with van der Waals surface area (Å²) in [6, 6.07) is 0. The van der Waals surface area contributed by atoms with E-state index in [9.17, 15) is 14.7 Å². The lowest BCUT2D eigenvalue weighted by Crippen LogP contribution is -2.19. The maximum Gasteiger partial charge on any atom is 0.511 e. The van der Waals surface area contributed by atoms with Crippen molar-refractivity contribution >= 4 is 12.1 Å². The molecule has 0 spiro atoms. The molecular formula is C8H6O5. The first-order valence-corrected chi connectivity index (χ1v) is 3.37. The molecule has 0 aromatic heterocycles. The first kappa shape index (κ1) is 9.25. The Balaban J connectivity index is 2.87. The van der Waals surface area contributed by atoms with E-state index >= 15 is 0 Å². The fourth-order valence-electron chi connectivity index (χ4n) is 0.863. The molecule has 5 nitrogen and oxygen atoms in total. The lowest BCUT2D eigenvalue weighted by Gasteiger charge is -2.14. The van der Waals surface area contributed by atoms with Gasteiger partial charge in [0.25, 0.3) is 0 Å². The highest BCUT2D eigenvalue weighted by Gasteiger charge is 2.21. The van der Waals surface area contributed by atoms with Crippen LogP contribution in [0, 0.1) is 0 Å². The fraction of sp³-hybridized carbons (Fsp3) is 0.125. The molecular weight excluding hydrogens is 176 g/mol. The Hall–Kier alpha value is -1.84. The van der Waals surface area contributed by atoms with Gasteiger partial charge in [0.15, 0.2) is 0 Å². The highest BCUT2D eigenvalue weighted by molar-refractivity contribution is 5.64. The minimum Gasteiger partial charge on any atom is -0.449 e. The topological polar surface area (TPSA) is 83.8 Å². The average Bonchev–Trinajstić information content (AvgIpc) is 2.08. The van der Waals surface area contributed by atoms with Gasteiger partial charge in [-0.3, -0.25) is 0 Å². The highest BCUT2D eigenvalue weighted by atomic mass is 16.7. The molecule has 1 unspecified atom stereocenters. The molecule has 0 amide bonds. The van der Waals surface area contributed by atoms with Gasteiger partial charge in [-0.2, -0.15) is 0 Å². The average molecular weight is 182 g/mol. The van der Waals surface area contributed by atoms with Gasteiger partial charge < -0.3 is 14.9 Å². The minimum absolute atomic E-state index is 0.0567. The summed E-state index contributed by atoms with van der Waals surface area (Å²) in [6.45, 7) is 0. The van der Waals surface area contributed by atoms with Crippen molar-refractivity contribution in [2.24, 2.45) is 0 Å². The van der Waals surface area contributed by atoms with Crippen LogP contribution >= 0.6 is 0 Å². The Bertz CT molecular complexity index is 332. The Kier molecular flexibility index (Phi) is 2.64. The van der Waals surface area contributed by atoms with Crippen LogP contribution in [-0.4, -0.2) is 28.4 Å². The molecule has 5 heteroatoms. The first-order chi connectivity index (χ1) is 6.15. The summed E-state index contributed by atoms with van der Waals surface area (Å²) in [6.07, 6.45) is 1.10. The van der Waals surface area contributed by atoms with Crippen LogP contribution in [0.5, 0.6) is 0 Å². The van der Waals surface area contributed by atoms with Crippen molar-refractivity contribution in [1.29, 1.82) is 0 Å². The SMILES string of the molecule is O=C=C1C=CC=C(OC(=O)O)C1O. The second-order valence-corrected chi connectivity index (χ2v) is 2.26. The summed E-state index contributed by atoms with van der Waals surface area (Å²) in [7, 11) is 0. The van der Waals surface area contributed by atoms with Gasteiger partial charge in [-0.1, -0.05) is 6.08 Å². The summed E-state index contributed by atoms with van der Waals surface area (Å²) >= 11 is 0. The van der Waals surface area contributed by atoms with Crippen LogP contribution < -0.4 is 0 Å². The summed E-state index contributed by atoms with van der Waals surface area (Å²) in [5, 5.41) is 17.5. The molecule has 1 rings (SSSR count). The normalized spacial score (nSPS) is 20.5. The van der Waals surface area contributed by atoms with Crippen molar-refractivity contribution in [3.05, 3.63) is 29.6 Å². The van der Waals surface area contributed by atoms with Gasteiger partial charge in [0, 0.05) is 0 Å². The maximum atomic E-state index is 10.2. The van der Waals surface area contributed by atoms with E-state index in [-0.39, 0.29) is 11.3 Å². The van der Waals surface area contributed by atoms with Crippen LogP contribution in [0.15, 0.2) is 29.6 Å². The van der Waals surface area contributed by atoms with E-state index in [1.807, 2.05) is 0 Å². The van der Waals surface area contributed by atoms with Crippen molar-refractivity contribution in [2.75, 3.05) is 0 Å². The van der Waals surface area contributed by atoms with Crippen LogP contribution in [0.1, 0.15) is 0 Å². The molecule has 1 atom stereocenters. The minimum atomic E-state index is -1.54. The van der Waals surface area contributed by atoms with Crippen LogP contribution in [0.4, 0.5) is 4.79 Å². The zero-order valence-corrected chi connectivity index (χ0v) is 6.43. The summed E-state index contributed by atoms with van der Waals surface area (Å²) in [5.41, 5.74) is -0.0567. The first-order valence-electron chi connectivity index (χ1n) is 3.37. The van der Waals surface area contributed by atoms with E-state index in [2.05, 4.69) is 4.74 Å². The maximum absolute atomic E-state index is 10.2. The predicted molar refractivity (Wildman–Crippen MR) is 41.5 cm³/mol. The van der Waals surface area contributed by atoms with Crippen molar-refractivity contribution in [3.63, 3.8) is 0 Å². The molecule has 68 valence electrons. The second-order valence-electron chi connectivity index (χ2n) is 2.26. The van der Waals surface area contributed by atoms with Gasteiger partial charge >= 0.3 is 6.16 Å². The van der Waals surface area contributed by atoms with Gasteiger partial charge in [-0.25, -0.2) is 9.59 Å². The van der Waals surface area contributed by atoms with Gasteiger partial charge in [0.1, 0.15) is 17.8 Å². The largest absolute Gasteiger partial charge is 0.511 e. The third-order valence-electron chi connectivity index (χ3n) is 1.42.